The Kier molecular flexibility index (Phi) is 9.88. The van der Waals surface area contributed by atoms with Crippen LogP contribution in [0.5, 0.6) is 0 Å². The minimum atomic E-state index is -5.09. The summed E-state index contributed by atoms with van der Waals surface area (Å²) in [7, 11) is -5.09. The van der Waals surface area contributed by atoms with Crippen molar-refractivity contribution in [3.05, 3.63) is 0 Å². The van der Waals surface area contributed by atoms with E-state index in [1.807, 2.05) is 0 Å². The molecule has 2 saturated heterocycles. The molecule has 28 heavy (non-hydrogen) atoms. The Hall–Kier alpha value is 0.710. The molecule has 162 valence electrons. The van der Waals surface area contributed by atoms with Crippen LogP contribution in [0.4, 0.5) is 0 Å². The van der Waals surface area contributed by atoms with E-state index in [1.54, 1.807) is 0 Å². The monoisotopic (exact) mass is 446 g/mol. The molecule has 0 amide bonds. The molecule has 0 unspecified atom stereocenters. The molecule has 16 heteroatoms. The average molecular weight is 446 g/mol. The molecule has 14 nitrogen and oxygen atoms in total. The zero-order valence-corrected chi connectivity index (χ0v) is 14.6. The third-order valence-corrected chi connectivity index (χ3v) is 4.75. The van der Waals surface area contributed by atoms with Gasteiger partial charge >= 0.3 is 37.4 Å². The molecular weight excluding hydrogens is 422 g/mol. The van der Waals surface area contributed by atoms with Crippen molar-refractivity contribution in [1.82, 2.24) is 0 Å². The molecule has 2 fully saturated rings. The van der Waals surface area contributed by atoms with Gasteiger partial charge in [-0.15, -0.1) is 0 Å². The minimum absolute atomic E-state index is 0. The first-order valence-electron chi connectivity index (χ1n) is 7.79. The van der Waals surface area contributed by atoms with Gasteiger partial charge < -0.3 is 59.7 Å². The summed E-state index contributed by atoms with van der Waals surface area (Å²) in [5.74, 6) is -2.53. The third kappa shape index (κ3) is 5.69. The zero-order valence-electron chi connectivity index (χ0n) is 13.8. The van der Waals surface area contributed by atoms with Crippen molar-refractivity contribution in [3.8, 4) is 0 Å². The van der Waals surface area contributed by atoms with Crippen molar-refractivity contribution in [2.75, 3.05) is 19.8 Å². The zero-order chi connectivity index (χ0) is 20.6. The molecule has 0 aromatic heterocycles. The van der Waals surface area contributed by atoms with E-state index in [2.05, 4.69) is 4.52 Å². The van der Waals surface area contributed by atoms with E-state index in [4.69, 9.17) is 24.0 Å². The van der Waals surface area contributed by atoms with Crippen molar-refractivity contribution in [3.63, 3.8) is 0 Å². The van der Waals surface area contributed by atoms with Crippen LogP contribution in [0.1, 0.15) is 0 Å². The van der Waals surface area contributed by atoms with Crippen LogP contribution in [0.25, 0.3) is 0 Å². The second-order valence-corrected chi connectivity index (χ2v) is 7.40. The van der Waals surface area contributed by atoms with Crippen LogP contribution < -0.4 is 0 Å². The van der Waals surface area contributed by atoms with Gasteiger partial charge in [0, 0.05) is 0 Å². The normalized spacial score (nSPS) is 44.3. The van der Waals surface area contributed by atoms with Crippen molar-refractivity contribution < 1.29 is 68.8 Å². The van der Waals surface area contributed by atoms with Crippen LogP contribution >= 0.6 is 7.82 Å². The van der Waals surface area contributed by atoms with Crippen LogP contribution in [0.15, 0.2) is 0 Å². The van der Waals surface area contributed by atoms with Crippen molar-refractivity contribution in [1.29, 1.82) is 0 Å². The van der Waals surface area contributed by atoms with Gasteiger partial charge in [-0.3, -0.25) is 4.52 Å². The first-order valence-corrected chi connectivity index (χ1v) is 9.32. The first-order chi connectivity index (χ1) is 12.5. The van der Waals surface area contributed by atoms with E-state index in [0.29, 0.717) is 0 Å². The fraction of sp³-hybridized carbons (Fsp3) is 1.00. The maximum absolute atomic E-state index is 11.0. The Labute approximate surface area is 180 Å². The van der Waals surface area contributed by atoms with E-state index in [9.17, 15) is 40.3 Å². The van der Waals surface area contributed by atoms with Crippen LogP contribution in [0.2, 0.25) is 0 Å². The summed E-state index contributed by atoms with van der Waals surface area (Å²) in [5.41, 5.74) is 0. The molecule has 9 atom stereocenters. The van der Waals surface area contributed by atoms with Gasteiger partial charge in [0.2, 0.25) is 5.79 Å². The standard InChI is InChI=1S/C12H23O14P.Na.H/c13-1-4-6(15)8(17)9(18)11(24-4)26-12(3-23-27(20,21)22)10(19)7(16)5(2-14)25-12;;/h4-11,13-19H,1-3H2,(H2,20,21,22);;/t4-,5-,6-,7-,8+,9-,10+,11-,12+;;/m1../s1. The van der Waals surface area contributed by atoms with Gasteiger partial charge in [0.25, 0.3) is 0 Å². The number of rotatable bonds is 7. The number of phosphoric ester groups is 1. The van der Waals surface area contributed by atoms with E-state index < -0.39 is 82.4 Å². The second-order valence-electron chi connectivity index (χ2n) is 6.17. The third-order valence-electron chi connectivity index (χ3n) is 4.28. The second kappa shape index (κ2) is 10.3. The molecule has 2 aliphatic rings. The number of hydrogen-bond acceptors (Lipinski definition) is 12. The first kappa shape index (κ1) is 26.7. The molecule has 2 heterocycles. The van der Waals surface area contributed by atoms with Gasteiger partial charge in [-0.1, -0.05) is 0 Å². The summed E-state index contributed by atoms with van der Waals surface area (Å²) >= 11 is 0. The summed E-state index contributed by atoms with van der Waals surface area (Å²) in [6.07, 6.45) is -14.0. The summed E-state index contributed by atoms with van der Waals surface area (Å²) < 4.78 is 30.8. The Bertz CT molecular complexity index is 546. The molecule has 0 aromatic carbocycles. The molecule has 0 radical (unpaired) electrons. The molecule has 9 N–H and O–H groups in total. The summed E-state index contributed by atoms with van der Waals surface area (Å²) in [4.78, 5) is 17.8. The predicted octanol–water partition coefficient (Wildman–Crippen LogP) is -5.93. The van der Waals surface area contributed by atoms with Gasteiger partial charge in [-0.2, -0.15) is 0 Å². The number of hydrogen-bond donors (Lipinski definition) is 9. The molecule has 2 aliphatic heterocycles. The topological polar surface area (TPSA) is 236 Å². The molecule has 0 spiro atoms. The SMILES string of the molecule is O=P(O)(O)OC[C@@]1(O[C@H]2O[C@H](CO)[C@@H](O)[C@H](O)[C@H]2O)O[C@H](CO)[C@@H](O)[C@@H]1O.[NaH]. The average Bonchev–Trinajstić information content (AvgIpc) is 2.85. The predicted molar refractivity (Wildman–Crippen MR) is 86.7 cm³/mol. The summed E-state index contributed by atoms with van der Waals surface area (Å²) in [5, 5.41) is 68.1. The summed E-state index contributed by atoms with van der Waals surface area (Å²) in [6, 6.07) is 0. The van der Waals surface area contributed by atoms with Crippen LogP contribution in [0, 0.1) is 0 Å². The quantitative estimate of drug-likeness (QED) is 0.131. The molecule has 0 saturated carbocycles. The Balaban J connectivity index is 0.00000392. The Morgan fingerprint density at radius 2 is 1.46 bits per heavy atom. The van der Waals surface area contributed by atoms with E-state index in [-0.39, 0.29) is 29.6 Å². The molecule has 0 bridgehead atoms. The van der Waals surface area contributed by atoms with E-state index in [0.717, 1.165) is 0 Å². The van der Waals surface area contributed by atoms with Gasteiger partial charge in [0.05, 0.1) is 13.2 Å². The van der Waals surface area contributed by atoms with Crippen LogP contribution in [-0.2, 0) is 23.3 Å². The van der Waals surface area contributed by atoms with Gasteiger partial charge in [0.1, 0.15) is 49.3 Å². The number of phosphoric acid groups is 1. The van der Waals surface area contributed by atoms with Crippen LogP contribution in [0.3, 0.4) is 0 Å². The maximum atomic E-state index is 11.0. The van der Waals surface area contributed by atoms with E-state index in [1.165, 1.54) is 0 Å². The fourth-order valence-corrected chi connectivity index (χ4v) is 3.14. The van der Waals surface area contributed by atoms with Gasteiger partial charge in [0.15, 0.2) is 6.29 Å². The van der Waals surface area contributed by atoms with Gasteiger partial charge in [-0.05, 0) is 0 Å². The van der Waals surface area contributed by atoms with Gasteiger partial charge in [-0.25, -0.2) is 4.57 Å². The number of ether oxygens (including phenoxy) is 3. The molecular formula is C12H24NaO14P. The van der Waals surface area contributed by atoms with Crippen molar-refractivity contribution in [2.45, 2.75) is 54.8 Å². The fourth-order valence-electron chi connectivity index (χ4n) is 2.79. The Morgan fingerprint density at radius 3 is 1.93 bits per heavy atom. The van der Waals surface area contributed by atoms with Crippen molar-refractivity contribution in [2.24, 2.45) is 0 Å². The van der Waals surface area contributed by atoms with E-state index >= 15 is 0 Å². The molecule has 0 aliphatic carbocycles. The van der Waals surface area contributed by atoms with Crippen molar-refractivity contribution >= 4 is 37.4 Å². The van der Waals surface area contributed by atoms with Crippen LogP contribution in [-0.4, -0.2) is 150 Å². The number of aliphatic hydroxyl groups excluding tert-OH is 7. The molecule has 2 rings (SSSR count). The Morgan fingerprint density at radius 1 is 0.893 bits per heavy atom. The summed E-state index contributed by atoms with van der Waals surface area (Å²) in [6.45, 7) is -2.77. The number of aliphatic hydroxyl groups is 7. The molecule has 0 aromatic rings.